The van der Waals surface area contributed by atoms with Gasteiger partial charge in [0.15, 0.2) is 6.17 Å². The van der Waals surface area contributed by atoms with E-state index in [1.165, 1.54) is 5.56 Å². The number of amidine groups is 2. The molecule has 6 aromatic carbocycles. The molecule has 4 heteroatoms. The third-order valence-electron chi connectivity index (χ3n) is 7.95. The van der Waals surface area contributed by atoms with Crippen molar-refractivity contribution in [1.29, 1.82) is 0 Å². The number of para-hydroxylation sites is 1. The molecule has 1 aliphatic rings. The number of hydrogen-bond acceptors (Lipinski definition) is 4. The lowest BCUT2D eigenvalue weighted by molar-refractivity contribution is 0.669. The van der Waals surface area contributed by atoms with Gasteiger partial charge in [0.1, 0.15) is 22.8 Å². The first kappa shape index (κ1) is 25.0. The number of nitrogens with one attached hydrogen (secondary N) is 1. The summed E-state index contributed by atoms with van der Waals surface area (Å²) in [7, 11) is 0. The van der Waals surface area contributed by atoms with E-state index in [9.17, 15) is 0 Å². The number of hydrogen-bond donors (Lipinski definition) is 1. The summed E-state index contributed by atoms with van der Waals surface area (Å²) in [5.74, 6) is 1.60. The predicted molar refractivity (Wildman–Crippen MR) is 176 cm³/mol. The molecule has 43 heavy (non-hydrogen) atoms. The highest BCUT2D eigenvalue weighted by atomic mass is 16.3. The van der Waals surface area contributed by atoms with Crippen LogP contribution < -0.4 is 5.32 Å². The third kappa shape index (κ3) is 4.69. The summed E-state index contributed by atoms with van der Waals surface area (Å²) >= 11 is 0. The quantitative estimate of drug-likeness (QED) is 0.231. The van der Waals surface area contributed by atoms with E-state index in [0.717, 1.165) is 67.0 Å². The summed E-state index contributed by atoms with van der Waals surface area (Å²) in [5, 5.41) is 5.82. The summed E-state index contributed by atoms with van der Waals surface area (Å²) in [6.45, 7) is 0. The van der Waals surface area contributed by atoms with Crippen molar-refractivity contribution in [2.45, 2.75) is 6.17 Å². The maximum absolute atomic E-state index is 6.14. The van der Waals surface area contributed by atoms with Crippen molar-refractivity contribution >= 4 is 33.6 Å². The summed E-state index contributed by atoms with van der Waals surface area (Å²) in [4.78, 5) is 10.1. The molecule has 0 fully saturated rings. The maximum atomic E-state index is 6.14. The minimum Gasteiger partial charge on any atom is -0.456 e. The molecule has 0 radical (unpaired) electrons. The minimum atomic E-state index is -0.349. The molecule has 0 amide bonds. The zero-order valence-electron chi connectivity index (χ0n) is 23.3. The molecule has 1 aliphatic heterocycles. The Hall–Kier alpha value is -5.74. The molecule has 1 atom stereocenters. The fourth-order valence-electron chi connectivity index (χ4n) is 5.82. The van der Waals surface area contributed by atoms with Crippen LogP contribution in [0.15, 0.2) is 166 Å². The van der Waals surface area contributed by atoms with Gasteiger partial charge in [-0.05, 0) is 46.0 Å². The van der Waals surface area contributed by atoms with E-state index in [2.05, 4.69) is 115 Å². The normalized spacial score (nSPS) is 14.7. The van der Waals surface area contributed by atoms with Crippen LogP contribution in [0.4, 0.5) is 0 Å². The Morgan fingerprint density at radius 1 is 0.465 bits per heavy atom. The number of benzene rings is 6. The lowest BCUT2D eigenvalue weighted by Gasteiger charge is -2.23. The van der Waals surface area contributed by atoms with Gasteiger partial charge in [0, 0.05) is 21.9 Å². The van der Waals surface area contributed by atoms with Crippen molar-refractivity contribution in [3.63, 3.8) is 0 Å². The zero-order valence-corrected chi connectivity index (χ0v) is 23.3. The molecular weight excluding hydrogens is 526 g/mol. The highest BCUT2D eigenvalue weighted by molar-refractivity contribution is 6.16. The molecule has 0 spiro atoms. The highest BCUT2D eigenvalue weighted by Gasteiger charge is 2.21. The van der Waals surface area contributed by atoms with Crippen molar-refractivity contribution in [3.8, 4) is 22.3 Å². The topological polar surface area (TPSA) is 49.9 Å². The van der Waals surface area contributed by atoms with Crippen LogP contribution in [0.1, 0.15) is 22.9 Å². The number of nitrogens with zero attached hydrogens (tertiary/aromatic N) is 2. The Morgan fingerprint density at radius 2 is 1.07 bits per heavy atom. The molecule has 8 rings (SSSR count). The van der Waals surface area contributed by atoms with Gasteiger partial charge in [0.05, 0.1) is 0 Å². The molecule has 1 aromatic heterocycles. The number of fused-ring (bicyclic) bond motifs is 3. The van der Waals surface area contributed by atoms with Gasteiger partial charge < -0.3 is 9.73 Å². The number of furan rings is 1. The molecule has 4 nitrogen and oxygen atoms in total. The second-order valence-corrected chi connectivity index (χ2v) is 10.7. The molecule has 0 saturated heterocycles. The Labute approximate surface area is 249 Å². The Bertz CT molecular complexity index is 2140. The van der Waals surface area contributed by atoms with E-state index in [-0.39, 0.29) is 6.17 Å². The monoisotopic (exact) mass is 553 g/mol. The summed E-state index contributed by atoms with van der Waals surface area (Å²) < 4.78 is 6.14. The van der Waals surface area contributed by atoms with E-state index in [1.807, 2.05) is 42.5 Å². The van der Waals surface area contributed by atoms with E-state index in [1.54, 1.807) is 0 Å². The standard InChI is InChI=1S/C39H27N3O/c1-3-11-26(12-4-1)30-15-9-16-31(25-30)39-41-37(28-13-5-2-6-14-28)40-38(42-39)29-23-21-27(22-24-29)32-18-10-20-35-36(32)33-17-7-8-19-34(33)43-35/h1-25,37H,(H,40,41,42). The van der Waals surface area contributed by atoms with Crippen LogP contribution in [-0.2, 0) is 0 Å². The SMILES string of the molecule is c1ccc(-c2cccc(C3=NC(c4ccccc4)N=C(c4ccc(-c5cccc6oc7ccccc7c56)cc4)N3)c2)cc1. The third-order valence-corrected chi connectivity index (χ3v) is 7.95. The van der Waals surface area contributed by atoms with E-state index in [0.29, 0.717) is 0 Å². The van der Waals surface area contributed by atoms with Gasteiger partial charge >= 0.3 is 0 Å². The summed E-state index contributed by atoms with van der Waals surface area (Å²) in [5.41, 5.74) is 9.45. The van der Waals surface area contributed by atoms with Gasteiger partial charge in [-0.25, -0.2) is 9.98 Å². The fraction of sp³-hybridized carbons (Fsp3) is 0.0256. The van der Waals surface area contributed by atoms with Crippen LogP contribution in [0.5, 0.6) is 0 Å². The van der Waals surface area contributed by atoms with Gasteiger partial charge in [-0.2, -0.15) is 0 Å². The van der Waals surface area contributed by atoms with E-state index in [4.69, 9.17) is 14.4 Å². The van der Waals surface area contributed by atoms with Gasteiger partial charge in [0.2, 0.25) is 0 Å². The van der Waals surface area contributed by atoms with Gasteiger partial charge in [-0.1, -0.05) is 133 Å². The number of aliphatic imine (C=N–C) groups is 2. The van der Waals surface area contributed by atoms with E-state index < -0.39 is 0 Å². The zero-order chi connectivity index (χ0) is 28.6. The molecule has 7 aromatic rings. The number of rotatable bonds is 5. The van der Waals surface area contributed by atoms with E-state index >= 15 is 0 Å². The second kappa shape index (κ2) is 10.6. The van der Waals surface area contributed by atoms with Crippen LogP contribution >= 0.6 is 0 Å². The average Bonchev–Trinajstić information content (AvgIpc) is 3.48. The van der Waals surface area contributed by atoms with Gasteiger partial charge in [-0.3, -0.25) is 0 Å². The summed E-state index contributed by atoms with van der Waals surface area (Å²) in [6.07, 6.45) is -0.349. The molecule has 204 valence electrons. The smallest absolute Gasteiger partial charge is 0.169 e. The van der Waals surface area contributed by atoms with Crippen LogP contribution in [0.3, 0.4) is 0 Å². The lowest BCUT2D eigenvalue weighted by atomic mass is 9.98. The first-order chi connectivity index (χ1) is 21.3. The van der Waals surface area contributed by atoms with Gasteiger partial charge in [-0.15, -0.1) is 0 Å². The van der Waals surface area contributed by atoms with Crippen molar-refractivity contribution in [2.75, 3.05) is 0 Å². The molecule has 0 bridgehead atoms. The lowest BCUT2D eigenvalue weighted by Crippen LogP contribution is -2.36. The summed E-state index contributed by atoms with van der Waals surface area (Å²) in [6, 6.07) is 52.2. The Kier molecular flexibility index (Phi) is 6.16. The van der Waals surface area contributed by atoms with Crippen molar-refractivity contribution in [1.82, 2.24) is 5.32 Å². The average molecular weight is 554 g/mol. The van der Waals surface area contributed by atoms with Crippen molar-refractivity contribution < 1.29 is 4.42 Å². The molecule has 1 unspecified atom stereocenters. The molecule has 2 heterocycles. The molecular formula is C39H27N3O. The molecule has 0 saturated carbocycles. The first-order valence-corrected chi connectivity index (χ1v) is 14.4. The Morgan fingerprint density at radius 3 is 1.88 bits per heavy atom. The first-order valence-electron chi connectivity index (χ1n) is 14.4. The maximum Gasteiger partial charge on any atom is 0.169 e. The van der Waals surface area contributed by atoms with Crippen molar-refractivity contribution in [2.24, 2.45) is 9.98 Å². The van der Waals surface area contributed by atoms with Crippen LogP contribution in [0.25, 0.3) is 44.2 Å². The predicted octanol–water partition coefficient (Wildman–Crippen LogP) is 9.42. The molecule has 1 N–H and O–H groups in total. The van der Waals surface area contributed by atoms with Crippen LogP contribution in [-0.4, -0.2) is 11.7 Å². The fourth-order valence-corrected chi connectivity index (χ4v) is 5.82. The van der Waals surface area contributed by atoms with Crippen molar-refractivity contribution in [3.05, 3.63) is 168 Å². The minimum absolute atomic E-state index is 0.349. The van der Waals surface area contributed by atoms with Crippen LogP contribution in [0, 0.1) is 0 Å². The van der Waals surface area contributed by atoms with Crippen LogP contribution in [0.2, 0.25) is 0 Å². The van der Waals surface area contributed by atoms with Gasteiger partial charge in [0.25, 0.3) is 0 Å². The molecule has 0 aliphatic carbocycles. The second-order valence-electron chi connectivity index (χ2n) is 10.7. The highest BCUT2D eigenvalue weighted by Crippen LogP contribution is 2.36. The Balaban J connectivity index is 1.17. The largest absolute Gasteiger partial charge is 0.456 e.